The minimum absolute atomic E-state index is 0.262. The molecule has 0 aliphatic rings. The number of ether oxygens (including phenoxy) is 1. The van der Waals surface area contributed by atoms with Gasteiger partial charge in [0.05, 0.1) is 5.92 Å². The SMILES string of the molecule is CC(C(=O)O)c1cccc(NC(=O)c2ccc(OC(C)(C)C)cc2)c1. The Bertz CT molecular complexity index is 760. The van der Waals surface area contributed by atoms with Crippen LogP contribution >= 0.6 is 0 Å². The number of carbonyl (C=O) groups is 2. The molecule has 0 aromatic heterocycles. The molecule has 2 aromatic rings. The Balaban J connectivity index is 2.09. The zero-order valence-corrected chi connectivity index (χ0v) is 14.9. The number of nitrogens with one attached hydrogen (secondary N) is 1. The minimum atomic E-state index is -0.905. The lowest BCUT2D eigenvalue weighted by atomic mass is 10.0. The summed E-state index contributed by atoms with van der Waals surface area (Å²) in [5, 5.41) is 11.9. The molecule has 5 nitrogen and oxygen atoms in total. The zero-order valence-electron chi connectivity index (χ0n) is 14.9. The summed E-state index contributed by atoms with van der Waals surface area (Å²) < 4.78 is 5.73. The lowest BCUT2D eigenvalue weighted by molar-refractivity contribution is -0.138. The van der Waals surface area contributed by atoms with Crippen LogP contribution in [0.1, 0.15) is 49.5 Å². The first-order valence-corrected chi connectivity index (χ1v) is 8.09. The summed E-state index contributed by atoms with van der Waals surface area (Å²) in [6, 6.07) is 13.8. The van der Waals surface area contributed by atoms with Crippen LogP contribution < -0.4 is 10.1 Å². The number of benzene rings is 2. The average Bonchev–Trinajstić information content (AvgIpc) is 2.53. The summed E-state index contributed by atoms with van der Waals surface area (Å²) in [5.41, 5.74) is 1.40. The van der Waals surface area contributed by atoms with Gasteiger partial charge in [-0.15, -0.1) is 0 Å². The van der Waals surface area contributed by atoms with Crippen molar-refractivity contribution in [1.29, 1.82) is 0 Å². The largest absolute Gasteiger partial charge is 0.488 e. The third-order valence-corrected chi connectivity index (χ3v) is 3.56. The lowest BCUT2D eigenvalue weighted by Gasteiger charge is -2.21. The van der Waals surface area contributed by atoms with Crippen molar-refractivity contribution in [3.63, 3.8) is 0 Å². The maximum atomic E-state index is 12.4. The van der Waals surface area contributed by atoms with Gasteiger partial charge < -0.3 is 15.2 Å². The molecule has 132 valence electrons. The van der Waals surface area contributed by atoms with Crippen LogP contribution in [0.2, 0.25) is 0 Å². The maximum Gasteiger partial charge on any atom is 0.310 e. The fraction of sp³-hybridized carbons (Fsp3) is 0.300. The molecule has 5 heteroatoms. The first kappa shape index (κ1) is 18.5. The summed E-state index contributed by atoms with van der Waals surface area (Å²) in [6.07, 6.45) is 0. The molecular formula is C20H23NO4. The molecule has 1 atom stereocenters. The molecule has 1 amide bonds. The summed E-state index contributed by atoms with van der Waals surface area (Å²) in [4.78, 5) is 23.4. The number of amides is 1. The number of anilines is 1. The number of rotatable bonds is 5. The van der Waals surface area contributed by atoms with Gasteiger partial charge in [-0.05, 0) is 69.7 Å². The standard InChI is InChI=1S/C20H23NO4/c1-13(19(23)24)15-6-5-7-16(12-15)21-18(22)14-8-10-17(11-9-14)25-20(2,3)4/h5-13H,1-4H3,(H,21,22)(H,23,24). The van der Waals surface area contributed by atoms with Crippen molar-refractivity contribution < 1.29 is 19.4 Å². The summed E-state index contributed by atoms with van der Waals surface area (Å²) >= 11 is 0. The van der Waals surface area contributed by atoms with Gasteiger partial charge >= 0.3 is 5.97 Å². The van der Waals surface area contributed by atoms with Crippen LogP contribution in [0.25, 0.3) is 0 Å². The first-order chi connectivity index (χ1) is 11.7. The van der Waals surface area contributed by atoms with E-state index in [4.69, 9.17) is 9.84 Å². The van der Waals surface area contributed by atoms with E-state index in [-0.39, 0.29) is 11.5 Å². The molecule has 0 aliphatic heterocycles. The molecular weight excluding hydrogens is 318 g/mol. The van der Waals surface area contributed by atoms with E-state index in [1.54, 1.807) is 55.5 Å². The molecule has 0 radical (unpaired) electrons. The van der Waals surface area contributed by atoms with Crippen molar-refractivity contribution in [3.8, 4) is 5.75 Å². The van der Waals surface area contributed by atoms with Gasteiger partial charge in [-0.25, -0.2) is 0 Å². The number of carboxylic acids is 1. The lowest BCUT2D eigenvalue weighted by Crippen LogP contribution is -2.23. The maximum absolute atomic E-state index is 12.4. The van der Waals surface area contributed by atoms with Crippen molar-refractivity contribution in [2.45, 2.75) is 39.2 Å². The molecule has 2 rings (SSSR count). The van der Waals surface area contributed by atoms with Crippen LogP contribution in [0, 0.1) is 0 Å². The van der Waals surface area contributed by atoms with Crippen LogP contribution in [-0.2, 0) is 4.79 Å². The van der Waals surface area contributed by atoms with E-state index < -0.39 is 11.9 Å². The monoisotopic (exact) mass is 341 g/mol. The van der Waals surface area contributed by atoms with Crippen LogP contribution in [0.15, 0.2) is 48.5 Å². The third-order valence-electron chi connectivity index (χ3n) is 3.56. The highest BCUT2D eigenvalue weighted by molar-refractivity contribution is 6.04. The van der Waals surface area contributed by atoms with Crippen molar-refractivity contribution in [2.75, 3.05) is 5.32 Å². The van der Waals surface area contributed by atoms with E-state index >= 15 is 0 Å². The summed E-state index contributed by atoms with van der Waals surface area (Å²) in [5.74, 6) is -1.10. The second-order valence-electron chi connectivity index (χ2n) is 6.88. The average molecular weight is 341 g/mol. The normalized spacial score (nSPS) is 12.3. The van der Waals surface area contributed by atoms with Gasteiger partial charge in [0.25, 0.3) is 5.91 Å². The van der Waals surface area contributed by atoms with Gasteiger partial charge in [0, 0.05) is 11.3 Å². The number of aliphatic carboxylic acids is 1. The highest BCUT2D eigenvalue weighted by Gasteiger charge is 2.15. The molecule has 2 aromatic carbocycles. The molecule has 0 aliphatic carbocycles. The Kier molecular flexibility index (Phi) is 5.47. The predicted molar refractivity (Wildman–Crippen MR) is 97.3 cm³/mol. The highest BCUT2D eigenvalue weighted by atomic mass is 16.5. The zero-order chi connectivity index (χ0) is 18.6. The molecule has 0 spiro atoms. The summed E-state index contributed by atoms with van der Waals surface area (Å²) in [6.45, 7) is 7.48. The molecule has 0 fully saturated rings. The Morgan fingerprint density at radius 2 is 1.72 bits per heavy atom. The topological polar surface area (TPSA) is 75.6 Å². The van der Waals surface area contributed by atoms with Gasteiger partial charge in [-0.1, -0.05) is 12.1 Å². The minimum Gasteiger partial charge on any atom is -0.488 e. The predicted octanol–water partition coefficient (Wildman–Crippen LogP) is 4.30. The molecule has 25 heavy (non-hydrogen) atoms. The second kappa shape index (κ2) is 7.38. The van der Waals surface area contributed by atoms with Crippen LogP contribution in [0.3, 0.4) is 0 Å². The summed E-state index contributed by atoms with van der Waals surface area (Å²) in [7, 11) is 0. The van der Waals surface area contributed by atoms with E-state index in [1.807, 2.05) is 20.8 Å². The number of carboxylic acid groups (broad SMARTS) is 1. The van der Waals surface area contributed by atoms with Gasteiger partial charge in [-0.3, -0.25) is 9.59 Å². The second-order valence-corrected chi connectivity index (χ2v) is 6.88. The van der Waals surface area contributed by atoms with Gasteiger partial charge in [-0.2, -0.15) is 0 Å². The number of hydrogen-bond acceptors (Lipinski definition) is 3. The van der Waals surface area contributed by atoms with E-state index in [9.17, 15) is 9.59 Å². The van der Waals surface area contributed by atoms with Gasteiger partial charge in [0.2, 0.25) is 0 Å². The molecule has 1 unspecified atom stereocenters. The van der Waals surface area contributed by atoms with E-state index in [0.29, 0.717) is 22.6 Å². The Labute approximate surface area is 147 Å². The van der Waals surface area contributed by atoms with Crippen LogP contribution in [0.5, 0.6) is 5.75 Å². The Hall–Kier alpha value is -2.82. The van der Waals surface area contributed by atoms with E-state index in [0.717, 1.165) is 0 Å². The first-order valence-electron chi connectivity index (χ1n) is 8.09. The molecule has 0 saturated carbocycles. The smallest absolute Gasteiger partial charge is 0.310 e. The van der Waals surface area contributed by atoms with Crippen molar-refractivity contribution >= 4 is 17.6 Å². The van der Waals surface area contributed by atoms with E-state index in [1.165, 1.54) is 0 Å². The number of hydrogen-bond donors (Lipinski definition) is 2. The van der Waals surface area contributed by atoms with Crippen LogP contribution in [0.4, 0.5) is 5.69 Å². The quantitative estimate of drug-likeness (QED) is 0.850. The fourth-order valence-electron chi connectivity index (χ4n) is 2.26. The third kappa shape index (κ3) is 5.35. The van der Waals surface area contributed by atoms with Gasteiger partial charge in [0.1, 0.15) is 11.4 Å². The van der Waals surface area contributed by atoms with Crippen molar-refractivity contribution in [3.05, 3.63) is 59.7 Å². The molecule has 0 bridgehead atoms. The van der Waals surface area contributed by atoms with E-state index in [2.05, 4.69) is 5.32 Å². The van der Waals surface area contributed by atoms with Crippen molar-refractivity contribution in [2.24, 2.45) is 0 Å². The highest BCUT2D eigenvalue weighted by Crippen LogP contribution is 2.21. The van der Waals surface area contributed by atoms with Crippen LogP contribution in [-0.4, -0.2) is 22.6 Å². The van der Waals surface area contributed by atoms with Gasteiger partial charge in [0.15, 0.2) is 0 Å². The number of carbonyl (C=O) groups excluding carboxylic acids is 1. The molecule has 2 N–H and O–H groups in total. The van der Waals surface area contributed by atoms with Crippen molar-refractivity contribution in [1.82, 2.24) is 0 Å². The molecule has 0 saturated heterocycles. The Morgan fingerprint density at radius 1 is 1.08 bits per heavy atom. The fourth-order valence-corrected chi connectivity index (χ4v) is 2.26. The molecule has 0 heterocycles. The Morgan fingerprint density at radius 3 is 2.28 bits per heavy atom.